The van der Waals surface area contributed by atoms with Crippen LogP contribution in [0.15, 0.2) is 24.3 Å². The highest BCUT2D eigenvalue weighted by Crippen LogP contribution is 2.34. The van der Waals surface area contributed by atoms with E-state index in [1.165, 1.54) is 5.69 Å². The average molecular weight is 396 g/mol. The number of amides is 1. The highest BCUT2D eigenvalue weighted by molar-refractivity contribution is 6.05. The summed E-state index contributed by atoms with van der Waals surface area (Å²) in [7, 11) is 0. The van der Waals surface area contributed by atoms with Gasteiger partial charge in [-0.1, -0.05) is 13.8 Å². The maximum atomic E-state index is 12.5. The van der Waals surface area contributed by atoms with Gasteiger partial charge < -0.3 is 25.6 Å². The van der Waals surface area contributed by atoms with Gasteiger partial charge in [0.15, 0.2) is 11.6 Å². The van der Waals surface area contributed by atoms with Gasteiger partial charge in [-0.2, -0.15) is 0 Å². The van der Waals surface area contributed by atoms with E-state index in [1.54, 1.807) is 0 Å². The van der Waals surface area contributed by atoms with Gasteiger partial charge in [-0.15, -0.1) is 0 Å². The highest BCUT2D eigenvalue weighted by atomic mass is 16.5. The van der Waals surface area contributed by atoms with Gasteiger partial charge in [0, 0.05) is 24.5 Å². The fraction of sp³-hybridized carbons (Fsp3) is 0.476. The maximum Gasteiger partial charge on any atom is 0.247 e. The molecule has 1 saturated heterocycles. The Bertz CT molecular complexity index is 877. The zero-order chi connectivity index (χ0) is 20.4. The topological polar surface area (TPSA) is 91.4 Å². The average Bonchev–Trinajstić information content (AvgIpc) is 2.70. The molecule has 4 rings (SSSR count). The van der Waals surface area contributed by atoms with Crippen molar-refractivity contribution >= 4 is 34.6 Å². The lowest BCUT2D eigenvalue weighted by Crippen LogP contribution is -2.40. The lowest BCUT2D eigenvalue weighted by molar-refractivity contribution is -0.117. The van der Waals surface area contributed by atoms with Crippen LogP contribution in [-0.2, 0) is 9.53 Å². The molecular weight excluding hydrogens is 368 g/mol. The molecule has 1 fully saturated rings. The molecule has 2 aliphatic rings. The Morgan fingerprint density at radius 1 is 1.21 bits per heavy atom. The molecule has 29 heavy (non-hydrogen) atoms. The molecule has 8 nitrogen and oxygen atoms in total. The van der Waals surface area contributed by atoms with Crippen molar-refractivity contribution < 1.29 is 9.53 Å². The van der Waals surface area contributed by atoms with E-state index in [0.29, 0.717) is 29.1 Å². The Labute approximate surface area is 171 Å². The summed E-state index contributed by atoms with van der Waals surface area (Å²) >= 11 is 0. The number of aromatic nitrogens is 2. The van der Waals surface area contributed by atoms with Gasteiger partial charge in [-0.25, -0.2) is 9.97 Å². The number of nitrogens with zero attached hydrogens (tertiary/aromatic N) is 3. The largest absolute Gasteiger partial charge is 0.378 e. The molecule has 3 N–H and O–H groups in total. The van der Waals surface area contributed by atoms with Crippen molar-refractivity contribution in [1.29, 1.82) is 0 Å². The number of aryl methyl sites for hydroxylation is 1. The van der Waals surface area contributed by atoms with Crippen LogP contribution in [0.5, 0.6) is 0 Å². The fourth-order valence-corrected chi connectivity index (χ4v) is 3.68. The summed E-state index contributed by atoms with van der Waals surface area (Å²) in [6, 6.07) is 7.94. The zero-order valence-corrected chi connectivity index (χ0v) is 17.2. The molecule has 0 aliphatic carbocycles. The first kappa shape index (κ1) is 19.4. The highest BCUT2D eigenvalue weighted by Gasteiger charge is 2.29. The smallest absolute Gasteiger partial charge is 0.247 e. The molecule has 0 radical (unpaired) electrons. The van der Waals surface area contributed by atoms with Gasteiger partial charge >= 0.3 is 0 Å². The van der Waals surface area contributed by atoms with Gasteiger partial charge in [-0.3, -0.25) is 4.79 Å². The third kappa shape index (κ3) is 4.42. The second-order valence-corrected chi connectivity index (χ2v) is 7.93. The molecule has 1 aromatic carbocycles. The van der Waals surface area contributed by atoms with Crippen molar-refractivity contribution in [2.75, 3.05) is 47.2 Å². The van der Waals surface area contributed by atoms with Crippen molar-refractivity contribution in [2.24, 2.45) is 5.92 Å². The third-order valence-corrected chi connectivity index (χ3v) is 5.11. The molecular formula is C21H28N6O2. The minimum atomic E-state index is -0.280. The van der Waals surface area contributed by atoms with E-state index in [-0.39, 0.29) is 11.9 Å². The van der Waals surface area contributed by atoms with Crippen LogP contribution < -0.4 is 20.9 Å². The van der Waals surface area contributed by atoms with Gasteiger partial charge in [0.25, 0.3) is 0 Å². The summed E-state index contributed by atoms with van der Waals surface area (Å²) in [5, 5.41) is 9.59. The van der Waals surface area contributed by atoms with Crippen molar-refractivity contribution in [3.63, 3.8) is 0 Å². The molecule has 0 saturated carbocycles. The number of rotatable bonds is 5. The predicted molar refractivity (Wildman–Crippen MR) is 115 cm³/mol. The number of carbonyl (C=O) groups is 1. The van der Waals surface area contributed by atoms with Gasteiger partial charge in [0.1, 0.15) is 17.6 Å². The van der Waals surface area contributed by atoms with Crippen LogP contribution in [-0.4, -0.2) is 48.2 Å². The fourth-order valence-electron chi connectivity index (χ4n) is 3.68. The normalized spacial score (nSPS) is 18.8. The number of fused-ring (bicyclic) bond motifs is 1. The van der Waals surface area contributed by atoms with Crippen LogP contribution in [0.2, 0.25) is 0 Å². The quantitative estimate of drug-likeness (QED) is 0.715. The number of hydrogen-bond acceptors (Lipinski definition) is 7. The van der Waals surface area contributed by atoms with Gasteiger partial charge in [0.05, 0.1) is 13.2 Å². The van der Waals surface area contributed by atoms with Crippen LogP contribution in [0.3, 0.4) is 0 Å². The lowest BCUT2D eigenvalue weighted by atomic mass is 10.0. The Balaban J connectivity index is 1.54. The van der Waals surface area contributed by atoms with Crippen molar-refractivity contribution in [3.05, 3.63) is 30.1 Å². The van der Waals surface area contributed by atoms with E-state index in [1.807, 2.05) is 19.1 Å². The zero-order valence-electron chi connectivity index (χ0n) is 17.2. The summed E-state index contributed by atoms with van der Waals surface area (Å²) in [5.41, 5.74) is 2.67. The SMILES string of the molecule is Cc1nc(Nc2ccc(N3CCOCC3)cc2)c2c(n1)NC(CC(C)C)C(=O)N2. The van der Waals surface area contributed by atoms with Crippen molar-refractivity contribution in [3.8, 4) is 0 Å². The molecule has 1 atom stereocenters. The standard InChI is InChI=1S/C21H28N6O2/c1-13(2)12-17-21(28)26-18-19(22-14(3)23-20(18)25-17)24-15-4-6-16(7-5-15)27-8-10-29-11-9-27/h4-7,13,17H,8-12H2,1-3H3,(H,26,28)(H2,22,23,24,25). The monoisotopic (exact) mass is 396 g/mol. The second-order valence-electron chi connectivity index (χ2n) is 7.93. The van der Waals surface area contributed by atoms with Crippen molar-refractivity contribution in [2.45, 2.75) is 33.2 Å². The Kier molecular flexibility index (Phi) is 5.53. The Morgan fingerprint density at radius 2 is 1.93 bits per heavy atom. The summed E-state index contributed by atoms with van der Waals surface area (Å²) in [5.74, 6) is 2.25. The van der Waals surface area contributed by atoms with E-state index in [9.17, 15) is 4.79 Å². The number of anilines is 5. The minimum absolute atomic E-state index is 0.0515. The summed E-state index contributed by atoms with van der Waals surface area (Å²) < 4.78 is 5.42. The minimum Gasteiger partial charge on any atom is -0.378 e. The van der Waals surface area contributed by atoms with Crippen LogP contribution in [0.1, 0.15) is 26.1 Å². The molecule has 154 valence electrons. The molecule has 2 aromatic rings. The number of hydrogen-bond donors (Lipinski definition) is 3. The third-order valence-electron chi connectivity index (χ3n) is 5.11. The summed E-state index contributed by atoms with van der Waals surface area (Å²) in [6.07, 6.45) is 0.750. The molecule has 1 amide bonds. The first-order valence-electron chi connectivity index (χ1n) is 10.2. The Morgan fingerprint density at radius 3 is 2.62 bits per heavy atom. The van der Waals surface area contributed by atoms with Crippen LogP contribution in [0.4, 0.5) is 28.7 Å². The Hall–Kier alpha value is -2.87. The summed E-state index contributed by atoms with van der Waals surface area (Å²) in [6.45, 7) is 9.38. The van der Waals surface area contributed by atoms with Gasteiger partial charge in [0.2, 0.25) is 5.91 Å². The number of carbonyl (C=O) groups excluding carboxylic acids is 1. The van der Waals surface area contributed by atoms with Crippen LogP contribution in [0.25, 0.3) is 0 Å². The number of morpholine rings is 1. The second kappa shape index (κ2) is 8.24. The van der Waals surface area contributed by atoms with E-state index in [4.69, 9.17) is 4.74 Å². The molecule has 3 heterocycles. The molecule has 0 bridgehead atoms. The molecule has 1 unspecified atom stereocenters. The lowest BCUT2D eigenvalue weighted by Gasteiger charge is -2.29. The van der Waals surface area contributed by atoms with E-state index in [0.717, 1.165) is 38.4 Å². The molecule has 8 heteroatoms. The van der Waals surface area contributed by atoms with E-state index < -0.39 is 0 Å². The number of nitrogens with one attached hydrogen (secondary N) is 3. The van der Waals surface area contributed by atoms with Crippen molar-refractivity contribution in [1.82, 2.24) is 9.97 Å². The van der Waals surface area contributed by atoms with Crippen LogP contribution in [0, 0.1) is 12.8 Å². The number of ether oxygens (including phenoxy) is 1. The van der Waals surface area contributed by atoms with E-state index in [2.05, 4.69) is 56.8 Å². The first-order valence-corrected chi connectivity index (χ1v) is 10.2. The first-order chi connectivity index (χ1) is 14.0. The summed E-state index contributed by atoms with van der Waals surface area (Å²) in [4.78, 5) is 23.8. The van der Waals surface area contributed by atoms with Crippen LogP contribution >= 0.6 is 0 Å². The maximum absolute atomic E-state index is 12.5. The van der Waals surface area contributed by atoms with Gasteiger partial charge in [-0.05, 0) is 43.5 Å². The predicted octanol–water partition coefficient (Wildman–Crippen LogP) is 3.14. The number of benzene rings is 1. The molecule has 2 aliphatic heterocycles. The van der Waals surface area contributed by atoms with E-state index >= 15 is 0 Å². The molecule has 0 spiro atoms. The molecule has 1 aromatic heterocycles.